The highest BCUT2D eigenvalue weighted by molar-refractivity contribution is 5.98. The maximum absolute atomic E-state index is 11.4. The summed E-state index contributed by atoms with van der Waals surface area (Å²) in [6, 6.07) is 8.64. The molecule has 0 radical (unpaired) electrons. The maximum Gasteiger partial charge on any atom is 0.155 e. The molecule has 0 saturated heterocycles. The van der Waals surface area contributed by atoms with Crippen molar-refractivity contribution in [2.24, 2.45) is 5.92 Å². The van der Waals surface area contributed by atoms with Crippen molar-refractivity contribution >= 4 is 11.4 Å². The zero-order valence-electron chi connectivity index (χ0n) is 10.7. The number of carbonyl (C=O) groups excluding carboxylic acids is 1. The molecule has 1 aromatic rings. The molecule has 0 fully saturated rings. The van der Waals surface area contributed by atoms with E-state index in [1.807, 2.05) is 6.08 Å². The van der Waals surface area contributed by atoms with Gasteiger partial charge in [-0.2, -0.15) is 0 Å². The number of carbonyl (C=O) groups is 1. The molecule has 0 heterocycles. The zero-order valence-corrected chi connectivity index (χ0v) is 10.7. The number of benzene rings is 1. The molecule has 1 aliphatic rings. The third kappa shape index (κ3) is 3.29. The van der Waals surface area contributed by atoms with Gasteiger partial charge >= 0.3 is 0 Å². The van der Waals surface area contributed by atoms with Crippen LogP contribution in [0.4, 0.5) is 0 Å². The third-order valence-corrected chi connectivity index (χ3v) is 3.15. The minimum absolute atomic E-state index is 0.278. The quantitative estimate of drug-likeness (QED) is 0.763. The van der Waals surface area contributed by atoms with Gasteiger partial charge < -0.3 is 0 Å². The van der Waals surface area contributed by atoms with E-state index < -0.39 is 0 Å². The van der Waals surface area contributed by atoms with Crippen LogP contribution in [-0.4, -0.2) is 5.78 Å². The summed E-state index contributed by atoms with van der Waals surface area (Å²) >= 11 is 0. The van der Waals surface area contributed by atoms with Gasteiger partial charge in [0.15, 0.2) is 5.78 Å². The van der Waals surface area contributed by atoms with Crippen molar-refractivity contribution in [3.8, 4) is 0 Å². The lowest BCUT2D eigenvalue weighted by molar-refractivity contribution is -0.114. The van der Waals surface area contributed by atoms with Gasteiger partial charge in [-0.25, -0.2) is 0 Å². The van der Waals surface area contributed by atoms with Crippen LogP contribution in [0.1, 0.15) is 44.2 Å². The van der Waals surface area contributed by atoms with Crippen molar-refractivity contribution in [1.82, 2.24) is 0 Å². The number of hydrogen-bond donors (Lipinski definition) is 0. The first-order valence-corrected chi connectivity index (χ1v) is 6.48. The fourth-order valence-corrected chi connectivity index (χ4v) is 2.39. The van der Waals surface area contributed by atoms with Gasteiger partial charge in [-0.05, 0) is 48.0 Å². The summed E-state index contributed by atoms with van der Waals surface area (Å²) in [6.45, 7) is 4.46. The number of allylic oxidation sites excluding steroid dienone is 2. The Morgan fingerprint density at radius 1 is 1.24 bits per heavy atom. The van der Waals surface area contributed by atoms with Crippen molar-refractivity contribution in [2.75, 3.05) is 0 Å². The first-order chi connectivity index (χ1) is 8.15. The van der Waals surface area contributed by atoms with Crippen molar-refractivity contribution in [3.63, 3.8) is 0 Å². The van der Waals surface area contributed by atoms with Crippen molar-refractivity contribution in [2.45, 2.75) is 39.5 Å². The molecule has 1 aromatic carbocycles. The Balaban J connectivity index is 2.23. The molecule has 0 saturated carbocycles. The Bertz CT molecular complexity index is 441. The second-order valence-corrected chi connectivity index (χ2v) is 5.29. The van der Waals surface area contributed by atoms with Gasteiger partial charge in [-0.1, -0.05) is 38.1 Å². The second kappa shape index (κ2) is 5.31. The number of ketones is 1. The van der Waals surface area contributed by atoms with Crippen molar-refractivity contribution in [3.05, 3.63) is 41.5 Å². The van der Waals surface area contributed by atoms with Gasteiger partial charge in [0.05, 0.1) is 0 Å². The van der Waals surface area contributed by atoms with Crippen LogP contribution in [-0.2, 0) is 11.2 Å². The van der Waals surface area contributed by atoms with Gasteiger partial charge in [-0.3, -0.25) is 4.79 Å². The lowest BCUT2D eigenvalue weighted by atomic mass is 9.91. The van der Waals surface area contributed by atoms with E-state index in [0.29, 0.717) is 5.92 Å². The van der Waals surface area contributed by atoms with Crippen LogP contribution in [0.25, 0.3) is 5.57 Å². The van der Waals surface area contributed by atoms with E-state index in [1.54, 1.807) is 0 Å². The maximum atomic E-state index is 11.4. The molecule has 0 unspecified atom stereocenters. The Kier molecular flexibility index (Phi) is 3.78. The van der Waals surface area contributed by atoms with Crippen LogP contribution >= 0.6 is 0 Å². The third-order valence-electron chi connectivity index (χ3n) is 3.15. The van der Waals surface area contributed by atoms with Crippen LogP contribution in [0.2, 0.25) is 0 Å². The fraction of sp³-hybridized carbons (Fsp3) is 0.438. The summed E-state index contributed by atoms with van der Waals surface area (Å²) in [4.78, 5) is 11.4. The van der Waals surface area contributed by atoms with E-state index >= 15 is 0 Å². The fourth-order valence-electron chi connectivity index (χ4n) is 2.39. The van der Waals surface area contributed by atoms with Crippen LogP contribution in [0.5, 0.6) is 0 Å². The highest BCUT2D eigenvalue weighted by Gasteiger charge is 2.11. The van der Waals surface area contributed by atoms with Crippen LogP contribution in [0, 0.1) is 5.92 Å². The van der Waals surface area contributed by atoms with Gasteiger partial charge in [0.2, 0.25) is 0 Å². The van der Waals surface area contributed by atoms with Gasteiger partial charge in [0, 0.05) is 6.42 Å². The van der Waals surface area contributed by atoms with Crippen molar-refractivity contribution in [1.29, 1.82) is 0 Å². The molecule has 1 nitrogen and oxygen atoms in total. The summed E-state index contributed by atoms with van der Waals surface area (Å²) in [5.74, 6) is 0.952. The minimum atomic E-state index is 0.278. The molecule has 17 heavy (non-hydrogen) atoms. The topological polar surface area (TPSA) is 17.1 Å². The van der Waals surface area contributed by atoms with E-state index in [9.17, 15) is 4.79 Å². The summed E-state index contributed by atoms with van der Waals surface area (Å²) in [5, 5.41) is 0. The molecule has 0 N–H and O–H groups in total. The molecule has 1 aliphatic carbocycles. The van der Waals surface area contributed by atoms with E-state index in [4.69, 9.17) is 0 Å². The largest absolute Gasteiger partial charge is 0.295 e. The highest BCUT2D eigenvalue weighted by atomic mass is 16.1. The van der Waals surface area contributed by atoms with Gasteiger partial charge in [-0.15, -0.1) is 0 Å². The molecule has 0 aliphatic heterocycles. The summed E-state index contributed by atoms with van der Waals surface area (Å²) < 4.78 is 0. The normalized spacial score (nSPS) is 16.2. The molecular weight excluding hydrogens is 208 g/mol. The van der Waals surface area contributed by atoms with Crippen LogP contribution in [0.15, 0.2) is 30.3 Å². The van der Waals surface area contributed by atoms with E-state index in [2.05, 4.69) is 38.1 Å². The monoisotopic (exact) mass is 228 g/mol. The first kappa shape index (κ1) is 12.1. The average Bonchev–Trinajstić information content (AvgIpc) is 2.28. The molecule has 0 aromatic heterocycles. The molecule has 90 valence electrons. The van der Waals surface area contributed by atoms with E-state index in [0.717, 1.165) is 25.7 Å². The lowest BCUT2D eigenvalue weighted by Gasteiger charge is -2.13. The molecule has 0 atom stereocenters. The number of rotatable bonds is 3. The van der Waals surface area contributed by atoms with Gasteiger partial charge in [0.1, 0.15) is 0 Å². The Labute approximate surface area is 104 Å². The first-order valence-electron chi connectivity index (χ1n) is 6.48. The summed E-state index contributed by atoms with van der Waals surface area (Å²) in [5.41, 5.74) is 3.82. The smallest absolute Gasteiger partial charge is 0.155 e. The predicted octanol–water partition coefficient (Wildman–Crippen LogP) is 4.02. The molecule has 2 rings (SSSR count). The van der Waals surface area contributed by atoms with E-state index in [-0.39, 0.29) is 5.78 Å². The molecular formula is C16H20O. The Morgan fingerprint density at radius 2 is 2.06 bits per heavy atom. The predicted molar refractivity (Wildman–Crippen MR) is 71.8 cm³/mol. The summed E-state index contributed by atoms with van der Waals surface area (Å²) in [6.07, 6.45) is 5.69. The Morgan fingerprint density at radius 3 is 2.76 bits per heavy atom. The van der Waals surface area contributed by atoms with Crippen molar-refractivity contribution < 1.29 is 4.79 Å². The molecule has 0 spiro atoms. The molecule has 0 amide bonds. The lowest BCUT2D eigenvalue weighted by Crippen LogP contribution is -2.02. The van der Waals surface area contributed by atoms with Crippen LogP contribution in [0.3, 0.4) is 0 Å². The molecule has 1 heteroatoms. The van der Waals surface area contributed by atoms with Crippen LogP contribution < -0.4 is 0 Å². The minimum Gasteiger partial charge on any atom is -0.295 e. The van der Waals surface area contributed by atoms with Gasteiger partial charge in [0.25, 0.3) is 0 Å². The standard InChI is InChI=1S/C16H20O/c1-12(2)9-13-5-3-6-14(10-13)15-7-4-8-16(17)11-15/h3,5-6,10-12H,4,7-9H2,1-2H3. The SMILES string of the molecule is CC(C)Cc1cccc(C2=CC(=O)CCC2)c1. The van der Waals surface area contributed by atoms with E-state index in [1.165, 1.54) is 16.7 Å². The second-order valence-electron chi connectivity index (χ2n) is 5.29. The number of hydrogen-bond acceptors (Lipinski definition) is 1. The highest BCUT2D eigenvalue weighted by Crippen LogP contribution is 2.26. The molecule has 0 bridgehead atoms. The summed E-state index contributed by atoms with van der Waals surface area (Å²) in [7, 11) is 0. The Hall–Kier alpha value is -1.37. The average molecular weight is 228 g/mol. The zero-order chi connectivity index (χ0) is 12.3.